The highest BCUT2D eigenvalue weighted by Crippen LogP contribution is 2.45. The van der Waals surface area contributed by atoms with Crippen molar-refractivity contribution in [3.8, 4) is 77.9 Å². The fourth-order valence-corrected chi connectivity index (χ4v) is 9.63. The summed E-state index contributed by atoms with van der Waals surface area (Å²) >= 11 is 0. The molecule has 0 unspecified atom stereocenters. The van der Waals surface area contributed by atoms with Gasteiger partial charge in [-0.3, -0.25) is 0 Å². The summed E-state index contributed by atoms with van der Waals surface area (Å²) in [4.78, 5) is 0. The normalized spacial score (nSPS) is 11.4. The van der Waals surface area contributed by atoms with E-state index >= 15 is 0 Å². The molecule has 0 heteroatoms. The van der Waals surface area contributed by atoms with E-state index in [4.69, 9.17) is 0 Å². The van der Waals surface area contributed by atoms with Gasteiger partial charge in [-0.15, -0.1) is 0 Å². The fraction of sp³-hybridized carbons (Fsp3) is 0.226. The molecule has 0 spiro atoms. The van der Waals surface area contributed by atoms with Crippen molar-refractivity contribution < 1.29 is 0 Å². The lowest BCUT2D eigenvalue weighted by molar-refractivity contribution is 1.26. The molecule has 8 aromatic carbocycles. The first kappa shape index (κ1) is 42.5. The van der Waals surface area contributed by atoms with E-state index in [1.54, 1.807) is 0 Å². The molecule has 0 aliphatic rings. The molecule has 0 heterocycles. The molecule has 0 saturated carbocycles. The molecule has 8 aromatic rings. The molecule has 0 amide bonds. The summed E-state index contributed by atoms with van der Waals surface area (Å²) in [5, 5.41) is 0. The zero-order chi connectivity index (χ0) is 44.3. The third-order valence-corrected chi connectivity index (χ3v) is 14.3. The molecule has 0 aliphatic carbocycles. The van der Waals surface area contributed by atoms with E-state index in [-0.39, 0.29) is 0 Å². The number of rotatable bonds is 7. The minimum atomic E-state index is 1.21. The van der Waals surface area contributed by atoms with Crippen LogP contribution in [0.4, 0.5) is 0 Å². The Balaban J connectivity index is 1.41. The maximum Gasteiger partial charge on any atom is -0.00755 e. The van der Waals surface area contributed by atoms with Gasteiger partial charge in [0.1, 0.15) is 0 Å². The lowest BCUT2D eigenvalue weighted by atomic mass is 9.83. The first-order valence-corrected chi connectivity index (χ1v) is 22.3. The van der Waals surface area contributed by atoms with Gasteiger partial charge in [0.05, 0.1) is 0 Å². The molecule has 0 bridgehead atoms. The molecular weight excluding hydrogens is 745 g/mol. The van der Waals surface area contributed by atoms with Crippen molar-refractivity contribution in [3.05, 3.63) is 199 Å². The first-order chi connectivity index (χ1) is 29.5. The summed E-state index contributed by atoms with van der Waals surface area (Å²) < 4.78 is 0. The number of aryl methyl sites for hydroxylation is 10. The van der Waals surface area contributed by atoms with Gasteiger partial charge in [0.25, 0.3) is 0 Å². The van der Waals surface area contributed by atoms with Crippen molar-refractivity contribution in [2.45, 2.75) is 96.9 Å². The molecule has 0 aromatic heterocycles. The summed E-state index contributed by atoms with van der Waals surface area (Å²) in [6.07, 6.45) is 0. The van der Waals surface area contributed by atoms with Crippen LogP contribution in [-0.2, 0) is 0 Å². The lowest BCUT2D eigenvalue weighted by Crippen LogP contribution is -1.97. The summed E-state index contributed by atoms with van der Waals surface area (Å²) in [6.45, 7) is 31.5. The number of hydrogen-bond donors (Lipinski definition) is 0. The van der Waals surface area contributed by atoms with Crippen LogP contribution in [0, 0.1) is 96.9 Å². The molecule has 62 heavy (non-hydrogen) atoms. The summed E-state index contributed by atoms with van der Waals surface area (Å²) in [5.74, 6) is 0. The van der Waals surface area contributed by atoms with Crippen molar-refractivity contribution in [3.63, 3.8) is 0 Å². The number of benzene rings is 8. The summed E-state index contributed by atoms with van der Waals surface area (Å²) in [7, 11) is 0. The molecule has 0 fully saturated rings. The standard InChI is InChI=1S/C62H62/c1-35-20-55(21-36(2)45(35)11)59-33-50(28-43(9)61(59)57-24-39(5)47(13)40(6)25-57)53-30-52(49-18-16-15-17-19-49)31-54(32-53)51-29-44(10)62(58-26-41(7)48(14)42(8)27-58)60(34-51)56-22-37(3)46(12)38(4)23-56/h15-34H,1-14H3. The van der Waals surface area contributed by atoms with E-state index in [0.29, 0.717) is 0 Å². The van der Waals surface area contributed by atoms with E-state index in [2.05, 4.69) is 218 Å². The quantitative estimate of drug-likeness (QED) is 0.150. The van der Waals surface area contributed by atoms with Gasteiger partial charge in [0, 0.05) is 0 Å². The molecule has 0 atom stereocenters. The third-order valence-electron chi connectivity index (χ3n) is 14.3. The minimum absolute atomic E-state index is 1.21. The third kappa shape index (κ3) is 7.89. The van der Waals surface area contributed by atoms with Crippen LogP contribution < -0.4 is 0 Å². The maximum atomic E-state index is 2.46. The molecule has 0 radical (unpaired) electrons. The zero-order valence-electron chi connectivity index (χ0n) is 39.5. The van der Waals surface area contributed by atoms with Crippen LogP contribution in [0.5, 0.6) is 0 Å². The monoisotopic (exact) mass is 806 g/mol. The van der Waals surface area contributed by atoms with Gasteiger partial charge in [-0.25, -0.2) is 0 Å². The topological polar surface area (TPSA) is 0 Å². The van der Waals surface area contributed by atoms with Crippen LogP contribution >= 0.6 is 0 Å². The van der Waals surface area contributed by atoms with E-state index in [9.17, 15) is 0 Å². The van der Waals surface area contributed by atoms with Gasteiger partial charge >= 0.3 is 0 Å². The highest BCUT2D eigenvalue weighted by molar-refractivity contribution is 5.94. The average molecular weight is 807 g/mol. The van der Waals surface area contributed by atoms with E-state index in [0.717, 1.165) is 0 Å². The summed E-state index contributed by atoms with van der Waals surface area (Å²) in [5.41, 5.74) is 36.1. The van der Waals surface area contributed by atoms with Gasteiger partial charge in [0.15, 0.2) is 0 Å². The van der Waals surface area contributed by atoms with Gasteiger partial charge < -0.3 is 0 Å². The van der Waals surface area contributed by atoms with Gasteiger partial charge in [-0.05, 0) is 283 Å². The van der Waals surface area contributed by atoms with Crippen molar-refractivity contribution in [2.24, 2.45) is 0 Å². The molecular formula is C62H62. The Morgan fingerprint density at radius 1 is 0.194 bits per heavy atom. The van der Waals surface area contributed by atoms with E-state index in [1.165, 1.54) is 156 Å². The van der Waals surface area contributed by atoms with Crippen LogP contribution in [0.25, 0.3) is 77.9 Å². The van der Waals surface area contributed by atoms with Crippen molar-refractivity contribution in [1.82, 2.24) is 0 Å². The maximum absolute atomic E-state index is 2.46. The van der Waals surface area contributed by atoms with Crippen molar-refractivity contribution in [2.75, 3.05) is 0 Å². The van der Waals surface area contributed by atoms with Crippen molar-refractivity contribution >= 4 is 0 Å². The predicted octanol–water partition coefficient (Wildman–Crippen LogP) is 17.7. The zero-order valence-corrected chi connectivity index (χ0v) is 39.5. The van der Waals surface area contributed by atoms with Crippen LogP contribution in [0.2, 0.25) is 0 Å². The Kier molecular flexibility index (Phi) is 11.3. The van der Waals surface area contributed by atoms with Crippen LogP contribution in [0.1, 0.15) is 77.9 Å². The van der Waals surface area contributed by atoms with E-state index < -0.39 is 0 Å². The second-order valence-electron chi connectivity index (χ2n) is 18.5. The number of hydrogen-bond acceptors (Lipinski definition) is 0. The Hall–Kier alpha value is -6.24. The Morgan fingerprint density at radius 2 is 0.435 bits per heavy atom. The minimum Gasteiger partial charge on any atom is -0.0622 e. The Bertz CT molecular complexity index is 2800. The summed E-state index contributed by atoms with van der Waals surface area (Å²) in [6, 6.07) is 47.0. The molecule has 0 nitrogen and oxygen atoms in total. The molecule has 0 N–H and O–H groups in total. The molecule has 310 valence electrons. The predicted molar refractivity (Wildman–Crippen MR) is 271 cm³/mol. The second kappa shape index (κ2) is 16.6. The first-order valence-electron chi connectivity index (χ1n) is 22.3. The van der Waals surface area contributed by atoms with Crippen LogP contribution in [0.15, 0.2) is 121 Å². The fourth-order valence-electron chi connectivity index (χ4n) is 9.63. The van der Waals surface area contributed by atoms with Crippen LogP contribution in [-0.4, -0.2) is 0 Å². The smallest absolute Gasteiger partial charge is 0.00755 e. The SMILES string of the molecule is Cc1cc(-c2cc(-c3cc(-c4ccccc4)cc(-c4cc(C)c(-c5cc(C)c(C)c(C)c5)c(-c5cc(C)c(C)c(C)c5)c4)c3)cc(C)c2-c2cc(C)c(C)c(C)c2)cc(C)c1C. The van der Waals surface area contributed by atoms with Gasteiger partial charge in [-0.2, -0.15) is 0 Å². The highest BCUT2D eigenvalue weighted by Gasteiger charge is 2.20. The molecule has 0 aliphatic heterocycles. The second-order valence-corrected chi connectivity index (χ2v) is 18.5. The van der Waals surface area contributed by atoms with Gasteiger partial charge in [-0.1, -0.05) is 91.0 Å². The Labute approximate surface area is 372 Å². The molecule has 8 rings (SSSR count). The lowest BCUT2D eigenvalue weighted by Gasteiger charge is -2.21. The van der Waals surface area contributed by atoms with Crippen LogP contribution in [0.3, 0.4) is 0 Å². The Morgan fingerprint density at radius 3 is 0.742 bits per heavy atom. The molecule has 0 saturated heterocycles. The average Bonchev–Trinajstić information content (AvgIpc) is 3.24. The largest absolute Gasteiger partial charge is 0.0622 e. The highest BCUT2D eigenvalue weighted by atomic mass is 14.2. The van der Waals surface area contributed by atoms with Gasteiger partial charge in [0.2, 0.25) is 0 Å². The van der Waals surface area contributed by atoms with E-state index in [1.807, 2.05) is 0 Å². The van der Waals surface area contributed by atoms with Crippen molar-refractivity contribution in [1.29, 1.82) is 0 Å².